The van der Waals surface area contributed by atoms with Crippen LogP contribution in [0.2, 0.25) is 0 Å². The van der Waals surface area contributed by atoms with Crippen molar-refractivity contribution in [1.82, 2.24) is 0 Å². The van der Waals surface area contributed by atoms with Gasteiger partial charge in [-0.05, 0) is 6.07 Å². The second-order valence-corrected chi connectivity index (χ2v) is 4.57. The lowest BCUT2D eigenvalue weighted by atomic mass is 9.99. The van der Waals surface area contributed by atoms with Crippen molar-refractivity contribution in [1.29, 1.82) is 0 Å². The van der Waals surface area contributed by atoms with Crippen LogP contribution in [0.3, 0.4) is 0 Å². The second-order valence-electron chi connectivity index (χ2n) is 4.57. The van der Waals surface area contributed by atoms with Crippen molar-refractivity contribution < 1.29 is 34.8 Å². The number of rotatable bonds is 4. The molecule has 0 aromatic heterocycles. The molecule has 0 unspecified atom stereocenters. The first-order valence-corrected chi connectivity index (χ1v) is 6.15. The number of nitro benzene ring substituents is 1. The quantitative estimate of drug-likeness (QED) is 0.400. The van der Waals surface area contributed by atoms with Crippen LogP contribution >= 0.6 is 0 Å². The summed E-state index contributed by atoms with van der Waals surface area (Å²) in [5.41, 5.74) is -0.220. The molecule has 1 aliphatic rings. The Morgan fingerprint density at radius 3 is 2.62 bits per heavy atom. The van der Waals surface area contributed by atoms with E-state index in [0.717, 1.165) is 6.07 Å². The molecular weight excluding hydrogens is 286 g/mol. The molecule has 116 valence electrons. The van der Waals surface area contributed by atoms with Gasteiger partial charge in [0, 0.05) is 6.07 Å². The normalized spacial score (nSPS) is 32.7. The molecule has 9 heteroatoms. The van der Waals surface area contributed by atoms with Gasteiger partial charge in [-0.25, -0.2) is 0 Å². The monoisotopic (exact) mass is 301 g/mol. The Kier molecular flexibility index (Phi) is 4.70. The Balaban J connectivity index is 2.15. The zero-order valence-corrected chi connectivity index (χ0v) is 10.8. The number of benzene rings is 1. The Hall–Kier alpha value is -1.78. The molecular formula is C12H15NO8. The van der Waals surface area contributed by atoms with Gasteiger partial charge < -0.3 is 29.9 Å². The van der Waals surface area contributed by atoms with E-state index in [1.54, 1.807) is 0 Å². The molecule has 2 rings (SSSR count). The van der Waals surface area contributed by atoms with Crippen molar-refractivity contribution in [3.63, 3.8) is 0 Å². The summed E-state index contributed by atoms with van der Waals surface area (Å²) in [6.07, 6.45) is -7.06. The molecule has 4 N–H and O–H groups in total. The lowest BCUT2D eigenvalue weighted by Gasteiger charge is -2.39. The molecule has 0 radical (unpaired) electrons. The molecule has 5 atom stereocenters. The third-order valence-electron chi connectivity index (χ3n) is 3.14. The number of aliphatic hydroxyl groups excluding tert-OH is 4. The standard InChI is InChI=1S/C12H15NO8/c14-5-8-9(15)10(16)11(12(17)21-8)20-7-3-1-2-6(4-7)13(18)19/h1-4,8-12,14-17H,5H2/t8-,9+,10+,11-,12+/m1/s1. The van der Waals surface area contributed by atoms with Crippen molar-refractivity contribution >= 4 is 5.69 Å². The summed E-state index contributed by atoms with van der Waals surface area (Å²) in [4.78, 5) is 10.0. The lowest BCUT2D eigenvalue weighted by Crippen LogP contribution is -2.60. The van der Waals surface area contributed by atoms with E-state index in [9.17, 15) is 25.4 Å². The highest BCUT2D eigenvalue weighted by molar-refractivity contribution is 5.38. The fourth-order valence-corrected chi connectivity index (χ4v) is 2.03. The van der Waals surface area contributed by atoms with Gasteiger partial charge in [0.15, 0.2) is 12.4 Å². The van der Waals surface area contributed by atoms with E-state index in [1.165, 1.54) is 18.2 Å². The number of nitro groups is 1. The van der Waals surface area contributed by atoms with Crippen molar-refractivity contribution in [2.24, 2.45) is 0 Å². The maximum Gasteiger partial charge on any atom is 0.273 e. The molecule has 1 aromatic carbocycles. The van der Waals surface area contributed by atoms with E-state index in [2.05, 4.69) is 0 Å². The minimum absolute atomic E-state index is 0.0329. The van der Waals surface area contributed by atoms with Gasteiger partial charge >= 0.3 is 0 Å². The number of aliphatic hydroxyl groups is 4. The van der Waals surface area contributed by atoms with Crippen molar-refractivity contribution in [3.05, 3.63) is 34.4 Å². The fourth-order valence-electron chi connectivity index (χ4n) is 2.03. The molecule has 0 bridgehead atoms. The van der Waals surface area contributed by atoms with Gasteiger partial charge in [-0.3, -0.25) is 10.1 Å². The van der Waals surface area contributed by atoms with E-state index in [1.807, 2.05) is 0 Å². The van der Waals surface area contributed by atoms with Gasteiger partial charge in [0.05, 0.1) is 17.6 Å². The lowest BCUT2D eigenvalue weighted by molar-refractivity contribution is -0.385. The first-order chi connectivity index (χ1) is 9.93. The molecule has 1 fully saturated rings. The van der Waals surface area contributed by atoms with E-state index in [0.29, 0.717) is 0 Å². The topological polar surface area (TPSA) is 143 Å². The minimum Gasteiger partial charge on any atom is -0.482 e. The second kappa shape index (κ2) is 6.33. The first-order valence-electron chi connectivity index (χ1n) is 6.15. The number of nitrogens with zero attached hydrogens (tertiary/aromatic N) is 1. The van der Waals surface area contributed by atoms with E-state index >= 15 is 0 Å². The average Bonchev–Trinajstić information content (AvgIpc) is 2.47. The van der Waals surface area contributed by atoms with Gasteiger partial charge in [-0.2, -0.15) is 0 Å². The third kappa shape index (κ3) is 3.28. The first kappa shape index (κ1) is 15.6. The zero-order valence-electron chi connectivity index (χ0n) is 10.8. The molecule has 1 heterocycles. The Bertz CT molecular complexity index is 510. The van der Waals surface area contributed by atoms with Crippen LogP contribution in [0, 0.1) is 10.1 Å². The van der Waals surface area contributed by atoms with E-state index in [4.69, 9.17) is 14.6 Å². The molecule has 0 saturated carbocycles. The van der Waals surface area contributed by atoms with Crippen molar-refractivity contribution in [2.75, 3.05) is 6.61 Å². The summed E-state index contributed by atoms with van der Waals surface area (Å²) in [6.45, 7) is -0.585. The molecule has 1 aliphatic heterocycles. The summed E-state index contributed by atoms with van der Waals surface area (Å²) < 4.78 is 10.2. The highest BCUT2D eigenvalue weighted by atomic mass is 16.7. The smallest absolute Gasteiger partial charge is 0.273 e. The summed E-state index contributed by atoms with van der Waals surface area (Å²) in [5.74, 6) is 0.0329. The van der Waals surface area contributed by atoms with Gasteiger partial charge in [-0.1, -0.05) is 6.07 Å². The largest absolute Gasteiger partial charge is 0.482 e. The minimum atomic E-state index is -1.60. The highest BCUT2D eigenvalue weighted by Crippen LogP contribution is 2.26. The number of hydrogen-bond donors (Lipinski definition) is 4. The van der Waals surface area contributed by atoms with E-state index in [-0.39, 0.29) is 11.4 Å². The van der Waals surface area contributed by atoms with Crippen LogP contribution in [-0.2, 0) is 4.74 Å². The number of non-ortho nitro benzene ring substituents is 1. The average molecular weight is 301 g/mol. The molecule has 21 heavy (non-hydrogen) atoms. The SMILES string of the molecule is O=[N+]([O-])c1cccc(O[C@@H]2[C@@H](O)[C@@H](O)[C@@H](CO)O[C@@H]2O)c1. The maximum absolute atomic E-state index is 10.7. The van der Waals surface area contributed by atoms with Crippen LogP contribution in [0.25, 0.3) is 0 Å². The Labute approximate surface area is 119 Å². The molecule has 1 saturated heterocycles. The summed E-state index contributed by atoms with van der Waals surface area (Å²) in [6, 6.07) is 5.15. The predicted molar refractivity (Wildman–Crippen MR) is 67.5 cm³/mol. The van der Waals surface area contributed by atoms with Gasteiger partial charge in [-0.15, -0.1) is 0 Å². The third-order valence-corrected chi connectivity index (χ3v) is 3.14. The van der Waals surface area contributed by atoms with Crippen LogP contribution in [-0.4, -0.2) is 62.7 Å². The molecule has 0 spiro atoms. The van der Waals surface area contributed by atoms with Crippen LogP contribution in [0.5, 0.6) is 5.75 Å². The van der Waals surface area contributed by atoms with Crippen LogP contribution in [0.1, 0.15) is 0 Å². The summed E-state index contributed by atoms with van der Waals surface area (Å²) >= 11 is 0. The van der Waals surface area contributed by atoms with Crippen LogP contribution in [0.15, 0.2) is 24.3 Å². The van der Waals surface area contributed by atoms with Gasteiger partial charge in [0.1, 0.15) is 24.1 Å². The Morgan fingerprint density at radius 1 is 1.29 bits per heavy atom. The molecule has 1 aromatic rings. The van der Waals surface area contributed by atoms with Gasteiger partial charge in [0.25, 0.3) is 5.69 Å². The zero-order chi connectivity index (χ0) is 15.6. The van der Waals surface area contributed by atoms with Crippen molar-refractivity contribution in [3.8, 4) is 5.75 Å². The summed E-state index contributed by atoms with van der Waals surface area (Å²) in [7, 11) is 0. The number of ether oxygens (including phenoxy) is 2. The molecule has 9 nitrogen and oxygen atoms in total. The van der Waals surface area contributed by atoms with Gasteiger partial charge in [0.2, 0.25) is 0 Å². The van der Waals surface area contributed by atoms with E-state index < -0.39 is 42.2 Å². The number of hydrogen-bond acceptors (Lipinski definition) is 8. The molecule has 0 aliphatic carbocycles. The highest BCUT2D eigenvalue weighted by Gasteiger charge is 2.45. The molecule has 0 amide bonds. The van der Waals surface area contributed by atoms with Crippen LogP contribution in [0.4, 0.5) is 5.69 Å². The predicted octanol–water partition coefficient (Wildman–Crippen LogP) is -1.23. The Morgan fingerprint density at radius 2 is 2.00 bits per heavy atom. The van der Waals surface area contributed by atoms with Crippen molar-refractivity contribution in [2.45, 2.75) is 30.7 Å². The summed E-state index contributed by atoms with van der Waals surface area (Å²) in [5, 5.41) is 49.0. The fraction of sp³-hybridized carbons (Fsp3) is 0.500. The van der Waals surface area contributed by atoms with Crippen LogP contribution < -0.4 is 4.74 Å². The maximum atomic E-state index is 10.7.